The number of hydrogen-bond acceptors (Lipinski definition) is 0. The maximum absolute atomic E-state index is 2.60. The average molecular weight is 476 g/mol. The zero-order chi connectivity index (χ0) is 25.7. The standard InChI is InChI=1S/C34H39N2/c1-20-15-25-29-24(19-34(6,7)8)11-10-12-26(29)36-27-17-22(18-33(3,4)5)16-23-13-14-35(9)32(30(23)27)28(21(20)2)31(25)36/h10-17H,18-19H2,1-9H3/q+1. The lowest BCUT2D eigenvalue weighted by Gasteiger charge is -2.20. The largest absolute Gasteiger partial charge is 0.307 e. The van der Waals surface area contributed by atoms with Gasteiger partial charge in [0.25, 0.3) is 0 Å². The molecule has 0 amide bonds. The van der Waals surface area contributed by atoms with Gasteiger partial charge in [0.05, 0.1) is 27.3 Å². The van der Waals surface area contributed by atoms with Gasteiger partial charge in [-0.05, 0) is 83.4 Å². The molecule has 0 aliphatic rings. The van der Waals surface area contributed by atoms with E-state index in [4.69, 9.17) is 0 Å². The molecular weight excluding hydrogens is 436 g/mol. The van der Waals surface area contributed by atoms with Crippen LogP contribution in [0, 0.1) is 24.7 Å². The third kappa shape index (κ3) is 3.41. The molecule has 0 radical (unpaired) electrons. The van der Waals surface area contributed by atoms with E-state index in [0.717, 1.165) is 12.8 Å². The molecule has 0 aliphatic carbocycles. The molecule has 2 heteroatoms. The Balaban J connectivity index is 1.93. The van der Waals surface area contributed by atoms with Gasteiger partial charge in [-0.15, -0.1) is 0 Å². The van der Waals surface area contributed by atoms with Gasteiger partial charge in [-0.2, -0.15) is 0 Å². The highest BCUT2D eigenvalue weighted by Gasteiger charge is 2.27. The van der Waals surface area contributed by atoms with Gasteiger partial charge in [0, 0.05) is 16.8 Å². The van der Waals surface area contributed by atoms with Crippen LogP contribution in [0.2, 0.25) is 0 Å². The van der Waals surface area contributed by atoms with Crippen LogP contribution >= 0.6 is 0 Å². The summed E-state index contributed by atoms with van der Waals surface area (Å²) >= 11 is 0. The van der Waals surface area contributed by atoms with Crippen LogP contribution in [0.3, 0.4) is 0 Å². The molecule has 0 fully saturated rings. The minimum atomic E-state index is 0.223. The van der Waals surface area contributed by atoms with Crippen LogP contribution in [0.15, 0.2) is 48.7 Å². The van der Waals surface area contributed by atoms with Crippen molar-refractivity contribution in [2.75, 3.05) is 0 Å². The fourth-order valence-electron chi connectivity index (χ4n) is 6.52. The highest BCUT2D eigenvalue weighted by molar-refractivity contribution is 6.26. The second-order valence-corrected chi connectivity index (χ2v) is 13.6. The topological polar surface area (TPSA) is 8.29 Å². The van der Waals surface area contributed by atoms with E-state index in [9.17, 15) is 0 Å². The normalized spacial score (nSPS) is 13.4. The zero-order valence-corrected chi connectivity index (χ0v) is 23.4. The predicted molar refractivity (Wildman–Crippen MR) is 156 cm³/mol. The van der Waals surface area contributed by atoms with Crippen LogP contribution in [-0.2, 0) is 19.9 Å². The van der Waals surface area contributed by atoms with E-state index in [-0.39, 0.29) is 10.8 Å². The molecule has 0 saturated heterocycles. The lowest BCUT2D eigenvalue weighted by Crippen LogP contribution is -2.29. The monoisotopic (exact) mass is 475 g/mol. The van der Waals surface area contributed by atoms with Gasteiger partial charge < -0.3 is 4.40 Å². The van der Waals surface area contributed by atoms with E-state index in [0.29, 0.717) is 0 Å². The number of aryl methyl sites for hydroxylation is 3. The van der Waals surface area contributed by atoms with Gasteiger partial charge in [-0.25, -0.2) is 4.57 Å². The van der Waals surface area contributed by atoms with Crippen molar-refractivity contribution in [3.63, 3.8) is 0 Å². The molecule has 2 nitrogen and oxygen atoms in total. The second kappa shape index (κ2) is 7.44. The van der Waals surface area contributed by atoms with E-state index in [1.807, 2.05) is 0 Å². The number of benzene rings is 3. The van der Waals surface area contributed by atoms with Crippen LogP contribution in [0.4, 0.5) is 0 Å². The lowest BCUT2D eigenvalue weighted by atomic mass is 9.86. The lowest BCUT2D eigenvalue weighted by molar-refractivity contribution is -0.643. The quantitative estimate of drug-likeness (QED) is 0.135. The predicted octanol–water partition coefficient (Wildman–Crippen LogP) is 8.61. The molecule has 6 rings (SSSR count). The first-order valence-electron chi connectivity index (χ1n) is 13.4. The Hall–Kier alpha value is -3.13. The van der Waals surface area contributed by atoms with E-state index in [1.54, 1.807) is 0 Å². The minimum Gasteiger partial charge on any atom is -0.307 e. The Labute approximate surface area is 214 Å². The van der Waals surface area contributed by atoms with Crippen molar-refractivity contribution in [3.8, 4) is 0 Å². The Bertz CT molecular complexity index is 1820. The molecule has 0 N–H and O–H groups in total. The van der Waals surface area contributed by atoms with Crippen molar-refractivity contribution in [2.45, 2.75) is 68.2 Å². The summed E-state index contributed by atoms with van der Waals surface area (Å²) in [7, 11) is 2.21. The molecule has 0 bridgehead atoms. The van der Waals surface area contributed by atoms with Gasteiger partial charge >= 0.3 is 0 Å². The van der Waals surface area contributed by atoms with Crippen LogP contribution < -0.4 is 4.57 Å². The first-order chi connectivity index (χ1) is 16.8. The number of fused-ring (bicyclic) bond motifs is 5. The molecule has 184 valence electrons. The summed E-state index contributed by atoms with van der Waals surface area (Å²) in [5, 5.41) is 6.93. The van der Waals surface area contributed by atoms with Crippen LogP contribution in [0.25, 0.3) is 49.0 Å². The second-order valence-electron chi connectivity index (χ2n) is 13.6. The van der Waals surface area contributed by atoms with E-state index >= 15 is 0 Å². The van der Waals surface area contributed by atoms with E-state index < -0.39 is 0 Å². The van der Waals surface area contributed by atoms with Gasteiger partial charge in [-0.3, -0.25) is 0 Å². The SMILES string of the molecule is Cc1cc2c3c(CC(C)(C)C)cccc3n3c4cc(CC(C)(C)C)cc5cc[n+](C)c(c(c1C)c23)c54. The summed E-state index contributed by atoms with van der Waals surface area (Å²) in [6, 6.07) is 16.6. The molecule has 0 atom stereocenters. The summed E-state index contributed by atoms with van der Waals surface area (Å²) in [4.78, 5) is 0. The number of aromatic nitrogens is 2. The molecule has 0 saturated carbocycles. The average Bonchev–Trinajstić information content (AvgIpc) is 3.08. The number of hydrogen-bond donors (Lipinski definition) is 0. The van der Waals surface area contributed by atoms with Crippen molar-refractivity contribution in [3.05, 3.63) is 70.9 Å². The zero-order valence-electron chi connectivity index (χ0n) is 23.4. The fourth-order valence-corrected chi connectivity index (χ4v) is 6.52. The van der Waals surface area contributed by atoms with E-state index in [2.05, 4.69) is 120 Å². The van der Waals surface area contributed by atoms with Crippen molar-refractivity contribution < 1.29 is 4.57 Å². The van der Waals surface area contributed by atoms with Gasteiger partial charge in [-0.1, -0.05) is 59.7 Å². The maximum Gasteiger partial charge on any atom is 0.224 e. The van der Waals surface area contributed by atoms with Crippen LogP contribution in [-0.4, -0.2) is 4.40 Å². The minimum absolute atomic E-state index is 0.223. The smallest absolute Gasteiger partial charge is 0.224 e. The highest BCUT2D eigenvalue weighted by atomic mass is 15.0. The fraction of sp³-hybridized carbons (Fsp3) is 0.382. The molecular formula is C34H39N2+. The Morgan fingerprint density at radius 3 is 2.19 bits per heavy atom. The van der Waals surface area contributed by atoms with Crippen molar-refractivity contribution in [2.24, 2.45) is 17.9 Å². The summed E-state index contributed by atoms with van der Waals surface area (Å²) in [6.45, 7) is 18.6. The first kappa shape index (κ1) is 23.3. The van der Waals surface area contributed by atoms with Crippen LogP contribution in [0.1, 0.15) is 63.8 Å². The molecule has 3 heterocycles. The third-order valence-electron chi connectivity index (χ3n) is 7.89. The summed E-state index contributed by atoms with van der Waals surface area (Å²) in [5.41, 5.74) is 11.5. The van der Waals surface area contributed by atoms with E-state index in [1.165, 1.54) is 71.3 Å². The Morgan fingerprint density at radius 1 is 0.778 bits per heavy atom. The summed E-state index contributed by atoms with van der Waals surface area (Å²) in [5.74, 6) is 0. The van der Waals surface area contributed by atoms with Crippen molar-refractivity contribution in [1.29, 1.82) is 0 Å². The van der Waals surface area contributed by atoms with Gasteiger partial charge in [0.1, 0.15) is 7.05 Å². The maximum atomic E-state index is 2.60. The summed E-state index contributed by atoms with van der Waals surface area (Å²) < 4.78 is 4.94. The number of pyridine rings is 2. The highest BCUT2D eigenvalue weighted by Crippen LogP contribution is 2.43. The molecule has 3 aromatic carbocycles. The third-order valence-corrected chi connectivity index (χ3v) is 7.89. The van der Waals surface area contributed by atoms with Crippen molar-refractivity contribution >= 4 is 49.0 Å². The Morgan fingerprint density at radius 2 is 1.50 bits per heavy atom. The molecule has 6 aromatic rings. The van der Waals surface area contributed by atoms with Gasteiger partial charge in [0.15, 0.2) is 6.20 Å². The summed E-state index contributed by atoms with van der Waals surface area (Å²) in [6.07, 6.45) is 4.37. The molecule has 36 heavy (non-hydrogen) atoms. The molecule has 0 unspecified atom stereocenters. The Kier molecular flexibility index (Phi) is 4.81. The van der Waals surface area contributed by atoms with Gasteiger partial charge in [0.2, 0.25) is 5.52 Å². The van der Waals surface area contributed by atoms with Crippen molar-refractivity contribution in [1.82, 2.24) is 4.40 Å². The number of rotatable bonds is 2. The molecule has 0 spiro atoms. The number of nitrogens with zero attached hydrogens (tertiary/aromatic N) is 2. The molecule has 0 aliphatic heterocycles. The van der Waals surface area contributed by atoms with Crippen LogP contribution in [0.5, 0.6) is 0 Å². The molecule has 3 aromatic heterocycles. The first-order valence-corrected chi connectivity index (χ1v) is 13.4.